The number of nitrogens with zero attached hydrogens (tertiary/aromatic N) is 2. The van der Waals surface area contributed by atoms with Gasteiger partial charge in [-0.25, -0.2) is 0 Å². The lowest BCUT2D eigenvalue weighted by Crippen LogP contribution is -2.36. The van der Waals surface area contributed by atoms with Gasteiger partial charge in [0.15, 0.2) is 5.96 Å². The molecule has 3 rings (SSSR count). The summed E-state index contributed by atoms with van der Waals surface area (Å²) in [4.78, 5) is 8.68. The molecule has 1 aliphatic heterocycles. The SMILES string of the molecule is CC(C)Oc1ccc(NC(=NCCCCN2CCOCC2)NCCc2cccs2)cc1. The molecule has 0 unspecified atom stereocenters. The Morgan fingerprint density at radius 1 is 1.16 bits per heavy atom. The first-order valence-corrected chi connectivity index (χ1v) is 12.2. The zero-order valence-corrected chi connectivity index (χ0v) is 19.6. The molecule has 170 valence electrons. The third-order valence-corrected chi connectivity index (χ3v) is 5.93. The van der Waals surface area contributed by atoms with E-state index in [1.807, 2.05) is 38.1 Å². The minimum Gasteiger partial charge on any atom is -0.491 e. The second kappa shape index (κ2) is 13.3. The number of thiophene rings is 1. The quantitative estimate of drug-likeness (QED) is 0.308. The normalized spacial score (nSPS) is 15.3. The molecule has 0 atom stereocenters. The molecule has 1 saturated heterocycles. The van der Waals surface area contributed by atoms with E-state index in [4.69, 9.17) is 14.5 Å². The van der Waals surface area contributed by atoms with Crippen molar-refractivity contribution in [1.29, 1.82) is 0 Å². The van der Waals surface area contributed by atoms with Crippen LogP contribution in [0.5, 0.6) is 5.75 Å². The number of anilines is 1. The molecular formula is C24H36N4O2S. The lowest BCUT2D eigenvalue weighted by Gasteiger charge is -2.26. The number of benzene rings is 1. The van der Waals surface area contributed by atoms with Crippen molar-refractivity contribution in [2.24, 2.45) is 4.99 Å². The Hall–Kier alpha value is -2.09. The summed E-state index contributed by atoms with van der Waals surface area (Å²) in [6.07, 6.45) is 3.41. The zero-order valence-electron chi connectivity index (χ0n) is 18.8. The summed E-state index contributed by atoms with van der Waals surface area (Å²) in [5.74, 6) is 1.72. The second-order valence-corrected chi connectivity index (χ2v) is 9.00. The lowest BCUT2D eigenvalue weighted by molar-refractivity contribution is 0.0373. The number of ether oxygens (including phenoxy) is 2. The highest BCUT2D eigenvalue weighted by Crippen LogP contribution is 2.17. The highest BCUT2D eigenvalue weighted by atomic mass is 32.1. The van der Waals surface area contributed by atoms with Gasteiger partial charge in [-0.2, -0.15) is 0 Å². The van der Waals surface area contributed by atoms with Crippen molar-refractivity contribution < 1.29 is 9.47 Å². The predicted octanol–water partition coefficient (Wildman–Crippen LogP) is 4.25. The van der Waals surface area contributed by atoms with Gasteiger partial charge in [0.2, 0.25) is 0 Å². The van der Waals surface area contributed by atoms with Crippen molar-refractivity contribution in [2.75, 3.05) is 51.3 Å². The predicted molar refractivity (Wildman–Crippen MR) is 131 cm³/mol. The first kappa shape index (κ1) is 23.6. The summed E-state index contributed by atoms with van der Waals surface area (Å²) in [7, 11) is 0. The number of aliphatic imine (C=N–C) groups is 1. The van der Waals surface area contributed by atoms with Gasteiger partial charge >= 0.3 is 0 Å². The monoisotopic (exact) mass is 444 g/mol. The fraction of sp³-hybridized carbons (Fsp3) is 0.542. The summed E-state index contributed by atoms with van der Waals surface area (Å²) in [6.45, 7) is 10.7. The highest BCUT2D eigenvalue weighted by Gasteiger charge is 2.09. The van der Waals surface area contributed by atoms with Crippen molar-refractivity contribution in [2.45, 2.75) is 39.2 Å². The zero-order chi connectivity index (χ0) is 21.7. The number of unbranched alkanes of at least 4 members (excludes halogenated alkanes) is 1. The molecule has 6 nitrogen and oxygen atoms in total. The Bertz CT molecular complexity index is 756. The van der Waals surface area contributed by atoms with Gasteiger partial charge in [-0.05, 0) is 75.4 Å². The van der Waals surface area contributed by atoms with Crippen LogP contribution in [0.3, 0.4) is 0 Å². The van der Waals surface area contributed by atoms with Crippen LogP contribution in [-0.2, 0) is 11.2 Å². The van der Waals surface area contributed by atoms with Gasteiger partial charge in [-0.15, -0.1) is 11.3 Å². The van der Waals surface area contributed by atoms with E-state index < -0.39 is 0 Å². The number of hydrogen-bond acceptors (Lipinski definition) is 5. The van der Waals surface area contributed by atoms with Gasteiger partial charge in [-0.1, -0.05) is 6.07 Å². The van der Waals surface area contributed by atoms with E-state index in [0.29, 0.717) is 0 Å². The van der Waals surface area contributed by atoms with Gasteiger partial charge in [0.05, 0.1) is 19.3 Å². The van der Waals surface area contributed by atoms with Crippen LogP contribution < -0.4 is 15.4 Å². The van der Waals surface area contributed by atoms with Gasteiger partial charge in [0.25, 0.3) is 0 Å². The number of rotatable bonds is 11. The minimum absolute atomic E-state index is 0.173. The molecule has 1 aliphatic rings. The molecule has 0 radical (unpaired) electrons. The van der Waals surface area contributed by atoms with Gasteiger partial charge < -0.3 is 20.1 Å². The van der Waals surface area contributed by atoms with Crippen molar-refractivity contribution in [3.8, 4) is 5.75 Å². The molecule has 1 aromatic heterocycles. The summed E-state index contributed by atoms with van der Waals surface area (Å²) in [5.41, 5.74) is 1.01. The Labute approximate surface area is 190 Å². The molecular weight excluding hydrogens is 408 g/mol. The van der Waals surface area contributed by atoms with Crippen LogP contribution in [0.15, 0.2) is 46.8 Å². The van der Waals surface area contributed by atoms with E-state index in [2.05, 4.69) is 33.0 Å². The molecule has 1 aromatic carbocycles. The number of hydrogen-bond donors (Lipinski definition) is 2. The largest absolute Gasteiger partial charge is 0.491 e. The van der Waals surface area contributed by atoms with Gasteiger partial charge in [0.1, 0.15) is 5.75 Å². The van der Waals surface area contributed by atoms with E-state index in [-0.39, 0.29) is 6.10 Å². The summed E-state index contributed by atoms with van der Waals surface area (Å²) in [6, 6.07) is 12.3. The van der Waals surface area contributed by atoms with Crippen molar-refractivity contribution >= 4 is 23.0 Å². The number of morpholine rings is 1. The molecule has 0 aliphatic carbocycles. The smallest absolute Gasteiger partial charge is 0.195 e. The summed E-state index contributed by atoms with van der Waals surface area (Å²) in [5, 5.41) is 9.04. The van der Waals surface area contributed by atoms with Crippen LogP contribution >= 0.6 is 11.3 Å². The van der Waals surface area contributed by atoms with Crippen LogP contribution in [0.1, 0.15) is 31.6 Å². The molecule has 7 heteroatoms. The van der Waals surface area contributed by atoms with E-state index >= 15 is 0 Å². The average Bonchev–Trinajstić information content (AvgIpc) is 3.28. The van der Waals surface area contributed by atoms with Crippen molar-refractivity contribution in [1.82, 2.24) is 10.2 Å². The fourth-order valence-corrected chi connectivity index (χ4v) is 4.10. The van der Waals surface area contributed by atoms with E-state index in [1.54, 1.807) is 11.3 Å². The molecule has 31 heavy (non-hydrogen) atoms. The maximum Gasteiger partial charge on any atom is 0.195 e. The van der Waals surface area contributed by atoms with E-state index in [1.165, 1.54) is 4.88 Å². The maximum atomic E-state index is 5.74. The van der Waals surface area contributed by atoms with Crippen molar-refractivity contribution in [3.63, 3.8) is 0 Å². The van der Waals surface area contributed by atoms with Crippen LogP contribution in [-0.4, -0.2) is 62.9 Å². The Balaban J connectivity index is 1.48. The maximum absolute atomic E-state index is 5.74. The van der Waals surface area contributed by atoms with Crippen LogP contribution in [0.2, 0.25) is 0 Å². The molecule has 0 amide bonds. The molecule has 2 aromatic rings. The topological polar surface area (TPSA) is 58.1 Å². The van der Waals surface area contributed by atoms with Crippen LogP contribution in [0.4, 0.5) is 5.69 Å². The Morgan fingerprint density at radius 2 is 1.97 bits per heavy atom. The minimum atomic E-state index is 0.173. The second-order valence-electron chi connectivity index (χ2n) is 7.96. The van der Waals surface area contributed by atoms with Gasteiger partial charge in [0, 0.05) is 36.7 Å². The molecule has 2 heterocycles. The first-order valence-electron chi connectivity index (χ1n) is 11.3. The van der Waals surface area contributed by atoms with Crippen molar-refractivity contribution in [3.05, 3.63) is 46.7 Å². The Morgan fingerprint density at radius 3 is 2.68 bits per heavy atom. The standard InChI is InChI=1S/C24H36N4O2S/c1-20(2)30-22-9-7-21(8-10-22)27-24(26-13-11-23-6-5-19-31-23)25-12-3-4-14-28-15-17-29-18-16-28/h5-10,19-20H,3-4,11-18H2,1-2H3,(H2,25,26,27). The first-order chi connectivity index (χ1) is 15.2. The third-order valence-electron chi connectivity index (χ3n) is 4.99. The summed E-state index contributed by atoms with van der Waals surface area (Å²) < 4.78 is 11.2. The Kier molecular flexibility index (Phi) is 10.2. The van der Waals surface area contributed by atoms with E-state index in [9.17, 15) is 0 Å². The number of nitrogens with one attached hydrogen (secondary N) is 2. The summed E-state index contributed by atoms with van der Waals surface area (Å²) >= 11 is 1.80. The lowest BCUT2D eigenvalue weighted by atomic mass is 10.3. The molecule has 0 spiro atoms. The van der Waals surface area contributed by atoms with Gasteiger partial charge in [-0.3, -0.25) is 9.89 Å². The fourth-order valence-electron chi connectivity index (χ4n) is 3.39. The highest BCUT2D eigenvalue weighted by molar-refractivity contribution is 7.09. The van der Waals surface area contributed by atoms with E-state index in [0.717, 1.165) is 82.6 Å². The molecule has 1 fully saturated rings. The molecule has 0 bridgehead atoms. The molecule has 2 N–H and O–H groups in total. The molecule has 0 saturated carbocycles. The average molecular weight is 445 g/mol. The number of guanidine groups is 1. The third kappa shape index (κ3) is 9.29. The van der Waals surface area contributed by atoms with Crippen LogP contribution in [0, 0.1) is 0 Å². The van der Waals surface area contributed by atoms with Crippen LogP contribution in [0.25, 0.3) is 0 Å².